The largest absolute Gasteiger partial charge is 0.379 e. The molecule has 6 heteroatoms. The van der Waals surface area contributed by atoms with Crippen LogP contribution in [-0.4, -0.2) is 70.3 Å². The van der Waals surface area contributed by atoms with Crippen molar-refractivity contribution >= 4 is 0 Å². The van der Waals surface area contributed by atoms with Gasteiger partial charge in [0.1, 0.15) is 24.4 Å². The van der Waals surface area contributed by atoms with Crippen molar-refractivity contribution < 1.29 is 28.4 Å². The first-order chi connectivity index (χ1) is 18.2. The lowest BCUT2D eigenvalue weighted by molar-refractivity contribution is -0.323. The zero-order chi connectivity index (χ0) is 27.0. The lowest BCUT2D eigenvalue weighted by Gasteiger charge is -2.46. The highest BCUT2D eigenvalue weighted by atomic mass is 16.7. The molecule has 0 aromatic rings. The first kappa shape index (κ1) is 34.8. The Morgan fingerprint density at radius 2 is 0.838 bits per heavy atom. The van der Waals surface area contributed by atoms with Crippen LogP contribution in [-0.2, 0) is 28.4 Å². The van der Waals surface area contributed by atoms with Crippen LogP contribution in [0.2, 0.25) is 0 Å². The molecule has 5 atom stereocenters. The maximum absolute atomic E-state index is 6.59. The molecule has 1 heterocycles. The summed E-state index contributed by atoms with van der Waals surface area (Å²) in [5.41, 5.74) is 0. The van der Waals surface area contributed by atoms with Crippen LogP contribution >= 0.6 is 0 Å². The minimum absolute atomic E-state index is 0.226. The van der Waals surface area contributed by atoms with Gasteiger partial charge in [-0.3, -0.25) is 0 Å². The molecule has 6 nitrogen and oxygen atoms in total. The number of unbranched alkanes of at least 4 members (excludes halogenated alkanes) is 10. The van der Waals surface area contributed by atoms with Gasteiger partial charge in [-0.15, -0.1) is 0 Å². The summed E-state index contributed by atoms with van der Waals surface area (Å²) < 4.78 is 38.7. The second kappa shape index (κ2) is 24.8. The summed E-state index contributed by atoms with van der Waals surface area (Å²) in [5.74, 6) is 0. The van der Waals surface area contributed by atoms with E-state index in [0.29, 0.717) is 33.0 Å². The summed E-state index contributed by atoms with van der Waals surface area (Å²) in [7, 11) is 0. The molecule has 37 heavy (non-hydrogen) atoms. The molecular formula is C31H62O6. The highest BCUT2D eigenvalue weighted by Gasteiger charge is 2.48. The van der Waals surface area contributed by atoms with Gasteiger partial charge in [0.15, 0.2) is 6.29 Å². The fourth-order valence-electron chi connectivity index (χ4n) is 4.63. The molecule has 1 aliphatic rings. The molecule has 0 aromatic heterocycles. The standard InChI is InChI=1S/C31H62O6/c1-6-11-16-21-32-26-27-28(33-22-17-12-7-2)29(34-23-18-13-8-3)30(35-24-19-14-9-4)31(37-27)36-25-20-15-10-5/h27-31H,6-26H2,1-5H3/t27-,28-,29+,30+,31+/m1/s1. The third-order valence-corrected chi connectivity index (χ3v) is 6.97. The molecule has 222 valence electrons. The quantitative estimate of drug-likeness (QED) is 0.106. The Bertz CT molecular complexity index is 477. The molecule has 0 aromatic carbocycles. The van der Waals surface area contributed by atoms with E-state index in [1.54, 1.807) is 0 Å². The van der Waals surface area contributed by atoms with Gasteiger partial charge in [0.05, 0.1) is 6.61 Å². The third kappa shape index (κ3) is 15.8. The van der Waals surface area contributed by atoms with E-state index in [4.69, 9.17) is 28.4 Å². The Kier molecular flexibility index (Phi) is 23.3. The van der Waals surface area contributed by atoms with Crippen LogP contribution in [0.3, 0.4) is 0 Å². The van der Waals surface area contributed by atoms with Crippen LogP contribution in [0.5, 0.6) is 0 Å². The van der Waals surface area contributed by atoms with Gasteiger partial charge in [-0.2, -0.15) is 0 Å². The number of rotatable bonds is 26. The SMILES string of the molecule is CCCCCOC[C@H]1O[C@H](OCCCCC)[C@@H](OCCCCC)[C@@H](OCCCCC)[C@@H]1OCCCCC. The van der Waals surface area contributed by atoms with Gasteiger partial charge >= 0.3 is 0 Å². The van der Waals surface area contributed by atoms with Crippen molar-refractivity contribution in [2.45, 2.75) is 162 Å². The van der Waals surface area contributed by atoms with Crippen LogP contribution in [0.1, 0.15) is 131 Å². The van der Waals surface area contributed by atoms with E-state index in [1.807, 2.05) is 0 Å². The molecule has 0 saturated carbocycles. The molecule has 1 aliphatic heterocycles. The monoisotopic (exact) mass is 530 g/mol. The van der Waals surface area contributed by atoms with Crippen molar-refractivity contribution in [2.24, 2.45) is 0 Å². The van der Waals surface area contributed by atoms with Crippen molar-refractivity contribution in [1.82, 2.24) is 0 Å². The Morgan fingerprint density at radius 3 is 1.32 bits per heavy atom. The Balaban J connectivity index is 3.05. The highest BCUT2D eigenvalue weighted by molar-refractivity contribution is 4.93. The minimum Gasteiger partial charge on any atom is -0.379 e. The summed E-state index contributed by atoms with van der Waals surface area (Å²) in [6.07, 6.45) is 15.4. The highest BCUT2D eigenvalue weighted by Crippen LogP contribution is 2.30. The van der Waals surface area contributed by atoms with Crippen molar-refractivity contribution in [3.05, 3.63) is 0 Å². The summed E-state index contributed by atoms with van der Waals surface area (Å²) in [4.78, 5) is 0. The summed E-state index contributed by atoms with van der Waals surface area (Å²) in [5, 5.41) is 0. The molecule has 1 saturated heterocycles. The molecule has 0 aliphatic carbocycles. The first-order valence-corrected chi connectivity index (χ1v) is 15.9. The van der Waals surface area contributed by atoms with Gasteiger partial charge < -0.3 is 28.4 Å². The average molecular weight is 531 g/mol. The van der Waals surface area contributed by atoms with Gasteiger partial charge in [0.2, 0.25) is 0 Å². The number of hydrogen-bond donors (Lipinski definition) is 0. The second-order valence-electron chi connectivity index (χ2n) is 10.5. The molecular weight excluding hydrogens is 468 g/mol. The first-order valence-electron chi connectivity index (χ1n) is 15.9. The zero-order valence-corrected chi connectivity index (χ0v) is 25.2. The fraction of sp³-hybridized carbons (Fsp3) is 1.00. The smallest absolute Gasteiger partial charge is 0.186 e. The van der Waals surface area contributed by atoms with Gasteiger partial charge in [-0.25, -0.2) is 0 Å². The van der Waals surface area contributed by atoms with E-state index in [9.17, 15) is 0 Å². The zero-order valence-electron chi connectivity index (χ0n) is 25.2. The van der Waals surface area contributed by atoms with Crippen LogP contribution in [0.4, 0.5) is 0 Å². The molecule has 1 fully saturated rings. The van der Waals surface area contributed by atoms with E-state index < -0.39 is 6.29 Å². The predicted molar refractivity (Wildman–Crippen MR) is 152 cm³/mol. The molecule has 0 unspecified atom stereocenters. The average Bonchev–Trinajstić information content (AvgIpc) is 2.91. The Labute approximate surface area is 229 Å². The van der Waals surface area contributed by atoms with E-state index in [1.165, 1.54) is 32.1 Å². The van der Waals surface area contributed by atoms with E-state index >= 15 is 0 Å². The maximum Gasteiger partial charge on any atom is 0.186 e. The van der Waals surface area contributed by atoms with E-state index in [0.717, 1.165) is 70.8 Å². The van der Waals surface area contributed by atoms with Crippen LogP contribution in [0.25, 0.3) is 0 Å². The topological polar surface area (TPSA) is 55.4 Å². The Hall–Kier alpha value is -0.240. The number of ether oxygens (including phenoxy) is 6. The molecule has 0 amide bonds. The van der Waals surface area contributed by atoms with Gasteiger partial charge in [-0.05, 0) is 32.1 Å². The number of hydrogen-bond acceptors (Lipinski definition) is 6. The molecule has 0 N–H and O–H groups in total. The Morgan fingerprint density at radius 1 is 0.432 bits per heavy atom. The van der Waals surface area contributed by atoms with Crippen molar-refractivity contribution in [3.8, 4) is 0 Å². The van der Waals surface area contributed by atoms with Crippen LogP contribution in [0.15, 0.2) is 0 Å². The van der Waals surface area contributed by atoms with Crippen LogP contribution < -0.4 is 0 Å². The fourth-order valence-corrected chi connectivity index (χ4v) is 4.63. The van der Waals surface area contributed by atoms with Gasteiger partial charge in [-0.1, -0.05) is 98.8 Å². The van der Waals surface area contributed by atoms with E-state index in [2.05, 4.69) is 34.6 Å². The normalized spacial score (nSPS) is 24.1. The molecule has 1 rings (SSSR count). The van der Waals surface area contributed by atoms with Gasteiger partial charge in [0.25, 0.3) is 0 Å². The minimum atomic E-state index is -0.464. The molecule has 0 bridgehead atoms. The van der Waals surface area contributed by atoms with Crippen molar-refractivity contribution in [2.75, 3.05) is 39.6 Å². The lowest BCUT2D eigenvalue weighted by atomic mass is 9.98. The third-order valence-electron chi connectivity index (χ3n) is 6.97. The van der Waals surface area contributed by atoms with Crippen molar-refractivity contribution in [1.29, 1.82) is 0 Å². The molecule has 0 spiro atoms. The van der Waals surface area contributed by atoms with Gasteiger partial charge in [0, 0.05) is 33.0 Å². The summed E-state index contributed by atoms with van der Waals surface area (Å²) in [6, 6.07) is 0. The van der Waals surface area contributed by atoms with E-state index in [-0.39, 0.29) is 24.4 Å². The second-order valence-corrected chi connectivity index (χ2v) is 10.5. The summed E-state index contributed by atoms with van der Waals surface area (Å²) in [6.45, 7) is 15.1. The van der Waals surface area contributed by atoms with Crippen molar-refractivity contribution in [3.63, 3.8) is 0 Å². The lowest BCUT2D eigenvalue weighted by Crippen LogP contribution is -2.62. The predicted octanol–water partition coefficient (Wildman–Crippen LogP) is 7.85. The van der Waals surface area contributed by atoms with Crippen LogP contribution in [0, 0.1) is 0 Å². The maximum atomic E-state index is 6.59. The summed E-state index contributed by atoms with van der Waals surface area (Å²) >= 11 is 0. The molecule has 0 radical (unpaired) electrons.